The monoisotopic (exact) mass is 276 g/mol. The first kappa shape index (κ1) is 9.89. The number of hydrogen-bond acceptors (Lipinski definition) is 4. The minimum absolute atomic E-state index is 0. The molecule has 0 aliphatic heterocycles. The van der Waals surface area contributed by atoms with Gasteiger partial charge in [0.1, 0.15) is 0 Å². The Bertz CT molecular complexity index is 23.0. The molecule has 0 aliphatic carbocycles. The van der Waals surface area contributed by atoms with Crippen molar-refractivity contribution in [3.8, 4) is 0 Å². The van der Waals surface area contributed by atoms with Crippen LogP contribution in [0.3, 0.4) is 0 Å². The molecule has 4 nitrogen and oxygen atoms in total. The van der Waals surface area contributed by atoms with E-state index in [0.29, 0.717) is 0 Å². The zero-order chi connectivity index (χ0) is 4.50. The summed E-state index contributed by atoms with van der Waals surface area (Å²) in [6, 6.07) is 0. The SMILES string of the molecule is [O-][Si]([O-])([O-])[O-].[W]. The van der Waals surface area contributed by atoms with Crippen LogP contribution in [-0.2, 0) is 21.1 Å². The van der Waals surface area contributed by atoms with Gasteiger partial charge in [0.05, 0.1) is 0 Å². The molecule has 0 aromatic heterocycles. The van der Waals surface area contributed by atoms with Crippen LogP contribution in [0.1, 0.15) is 0 Å². The molecule has 0 N–H and O–H groups in total. The summed E-state index contributed by atoms with van der Waals surface area (Å²) in [6.45, 7) is 0. The summed E-state index contributed by atoms with van der Waals surface area (Å²) >= 11 is 0. The molecule has 0 radical (unpaired) electrons. The molecule has 0 saturated heterocycles. The molecule has 0 saturated carbocycles. The van der Waals surface area contributed by atoms with Crippen molar-refractivity contribution in [3.05, 3.63) is 0 Å². The minimum Gasteiger partial charge on any atom is -0.894 e. The molecule has 0 rings (SSSR count). The van der Waals surface area contributed by atoms with E-state index >= 15 is 0 Å². The largest absolute Gasteiger partial charge is 0.894 e. The molecular formula is O4SiW-4. The van der Waals surface area contributed by atoms with Crippen LogP contribution >= 0.6 is 0 Å². The van der Waals surface area contributed by atoms with Gasteiger partial charge in [-0.25, -0.2) is 0 Å². The van der Waals surface area contributed by atoms with E-state index in [9.17, 15) is 0 Å². The maximum Gasteiger partial charge on any atom is 0 e. The van der Waals surface area contributed by atoms with E-state index in [1.165, 1.54) is 0 Å². The summed E-state index contributed by atoms with van der Waals surface area (Å²) in [4.78, 5) is 34.3. The van der Waals surface area contributed by atoms with E-state index < -0.39 is 9.05 Å². The maximum absolute atomic E-state index is 8.58. The molecule has 0 atom stereocenters. The average Bonchev–Trinajstić information content (AvgIpc) is 0.722. The van der Waals surface area contributed by atoms with Crippen LogP contribution in [0, 0.1) is 0 Å². The fourth-order valence-corrected chi connectivity index (χ4v) is 0. The average molecular weight is 276 g/mol. The molecule has 0 bridgehead atoms. The first-order valence-corrected chi connectivity index (χ1v) is 2.45. The number of rotatable bonds is 0. The van der Waals surface area contributed by atoms with E-state index in [4.69, 9.17) is 19.2 Å². The van der Waals surface area contributed by atoms with Gasteiger partial charge in [-0.3, -0.25) is 0 Å². The van der Waals surface area contributed by atoms with Gasteiger partial charge in [-0.05, 0) is 0 Å². The van der Waals surface area contributed by atoms with Gasteiger partial charge in [0, 0.05) is 21.1 Å². The second-order valence-electron chi connectivity index (χ2n) is 0.500. The summed E-state index contributed by atoms with van der Waals surface area (Å²) in [7, 11) is -5.61. The molecule has 0 fully saturated rings. The van der Waals surface area contributed by atoms with Crippen LogP contribution < -0.4 is 19.2 Å². The molecule has 6 heavy (non-hydrogen) atoms. The molecule has 0 amide bonds. The Labute approximate surface area is 49.8 Å². The molecule has 0 aliphatic rings. The normalized spacial score (nSPS) is 10.0. The van der Waals surface area contributed by atoms with Crippen molar-refractivity contribution in [1.29, 1.82) is 0 Å². The van der Waals surface area contributed by atoms with Crippen molar-refractivity contribution in [2.75, 3.05) is 0 Å². The Balaban J connectivity index is 0. The summed E-state index contributed by atoms with van der Waals surface area (Å²) < 4.78 is 0. The third-order valence-electron chi connectivity index (χ3n) is 0. The van der Waals surface area contributed by atoms with E-state index in [2.05, 4.69) is 0 Å². The van der Waals surface area contributed by atoms with E-state index in [1.54, 1.807) is 0 Å². The Morgan fingerprint density at radius 2 is 0.833 bits per heavy atom. The fourth-order valence-electron chi connectivity index (χ4n) is 0. The predicted molar refractivity (Wildman–Crippen MR) is 5.75 cm³/mol. The Hall–Kier alpha value is 0.745. The van der Waals surface area contributed by atoms with Crippen molar-refractivity contribution in [2.45, 2.75) is 0 Å². The van der Waals surface area contributed by atoms with E-state index in [1.807, 2.05) is 0 Å². The quantitative estimate of drug-likeness (QED) is 0.414. The maximum atomic E-state index is 8.58. The van der Waals surface area contributed by atoms with Crippen molar-refractivity contribution >= 4 is 9.05 Å². The van der Waals surface area contributed by atoms with Crippen LogP contribution in [-0.4, -0.2) is 9.05 Å². The van der Waals surface area contributed by atoms with Crippen molar-refractivity contribution in [3.63, 3.8) is 0 Å². The first-order chi connectivity index (χ1) is 2.00. The molecule has 0 aromatic rings. The first-order valence-electron chi connectivity index (χ1n) is 0.816. The van der Waals surface area contributed by atoms with Gasteiger partial charge in [-0.2, -0.15) is 0 Å². The standard InChI is InChI=1S/O4Si.W/c1-5(2,3)4;/q-4;. The topological polar surface area (TPSA) is 92.2 Å². The summed E-state index contributed by atoms with van der Waals surface area (Å²) in [6.07, 6.45) is 0. The van der Waals surface area contributed by atoms with E-state index in [-0.39, 0.29) is 21.1 Å². The smallest absolute Gasteiger partial charge is 0 e. The van der Waals surface area contributed by atoms with Gasteiger partial charge < -0.3 is 28.2 Å². The second kappa shape index (κ2) is 2.84. The molecule has 0 aromatic carbocycles. The van der Waals surface area contributed by atoms with Gasteiger partial charge in [0.2, 0.25) is 0 Å². The predicted octanol–water partition coefficient (Wildman–Crippen LogP) is -5.14. The zero-order valence-corrected chi connectivity index (χ0v) is 6.47. The molecular weight excluding hydrogens is 276 g/mol. The van der Waals surface area contributed by atoms with Crippen LogP contribution in [0.4, 0.5) is 0 Å². The van der Waals surface area contributed by atoms with Crippen LogP contribution in [0.5, 0.6) is 0 Å². The van der Waals surface area contributed by atoms with E-state index in [0.717, 1.165) is 0 Å². The Morgan fingerprint density at radius 1 is 0.833 bits per heavy atom. The summed E-state index contributed by atoms with van der Waals surface area (Å²) in [5.41, 5.74) is 0. The van der Waals surface area contributed by atoms with Crippen molar-refractivity contribution in [2.24, 2.45) is 0 Å². The summed E-state index contributed by atoms with van der Waals surface area (Å²) in [5.74, 6) is 0. The van der Waals surface area contributed by atoms with Crippen LogP contribution in [0.2, 0.25) is 0 Å². The van der Waals surface area contributed by atoms with Gasteiger partial charge >= 0.3 is 0 Å². The third-order valence-corrected chi connectivity index (χ3v) is 0. The molecule has 0 unspecified atom stereocenters. The van der Waals surface area contributed by atoms with Crippen molar-refractivity contribution < 1.29 is 40.2 Å². The molecule has 6 heteroatoms. The molecule has 0 heterocycles. The Kier molecular flexibility index (Phi) is 4.69. The van der Waals surface area contributed by atoms with Crippen LogP contribution in [0.25, 0.3) is 0 Å². The van der Waals surface area contributed by atoms with Gasteiger partial charge in [-0.15, -0.1) is 0 Å². The van der Waals surface area contributed by atoms with Crippen molar-refractivity contribution in [1.82, 2.24) is 0 Å². The number of hydrogen-bond donors (Lipinski definition) is 0. The fraction of sp³-hybridized carbons (Fsp3) is 0. The molecule has 38 valence electrons. The second-order valence-corrected chi connectivity index (χ2v) is 1.50. The van der Waals surface area contributed by atoms with Gasteiger partial charge in [-0.1, -0.05) is 0 Å². The van der Waals surface area contributed by atoms with Crippen LogP contribution in [0.15, 0.2) is 0 Å². The summed E-state index contributed by atoms with van der Waals surface area (Å²) in [5, 5.41) is 0. The van der Waals surface area contributed by atoms with Gasteiger partial charge in [0.25, 0.3) is 0 Å². The Morgan fingerprint density at radius 3 is 0.833 bits per heavy atom. The third kappa shape index (κ3) is 120. The van der Waals surface area contributed by atoms with Gasteiger partial charge in [0.15, 0.2) is 0 Å². The minimum atomic E-state index is -5.61. The zero-order valence-electron chi connectivity index (χ0n) is 2.54. The molecule has 0 spiro atoms.